The van der Waals surface area contributed by atoms with Crippen molar-refractivity contribution in [3.63, 3.8) is 0 Å². The van der Waals surface area contributed by atoms with Crippen molar-refractivity contribution in [3.8, 4) is 0 Å². The highest BCUT2D eigenvalue weighted by Crippen LogP contribution is 2.43. The van der Waals surface area contributed by atoms with Gasteiger partial charge in [-0.25, -0.2) is 0 Å². The lowest BCUT2D eigenvalue weighted by molar-refractivity contribution is -0.123. The van der Waals surface area contributed by atoms with E-state index in [9.17, 15) is 4.79 Å². The topological polar surface area (TPSA) is 50.4 Å². The highest BCUT2D eigenvalue weighted by Gasteiger charge is 2.35. The molecule has 4 heteroatoms. The van der Waals surface area contributed by atoms with Gasteiger partial charge in [-0.3, -0.25) is 4.79 Å². The van der Waals surface area contributed by atoms with Crippen LogP contribution in [0.4, 0.5) is 0 Å². The van der Waals surface area contributed by atoms with Crippen LogP contribution in [-0.4, -0.2) is 38.3 Å². The van der Waals surface area contributed by atoms with E-state index >= 15 is 0 Å². The highest BCUT2D eigenvalue weighted by atomic mass is 16.5. The van der Waals surface area contributed by atoms with Gasteiger partial charge in [-0.15, -0.1) is 0 Å². The minimum atomic E-state index is -0.0974. The maximum absolute atomic E-state index is 11.9. The van der Waals surface area contributed by atoms with Crippen molar-refractivity contribution in [3.05, 3.63) is 0 Å². The van der Waals surface area contributed by atoms with Gasteiger partial charge >= 0.3 is 0 Å². The fraction of sp³-hybridized carbons (Fsp3) is 0.933. The van der Waals surface area contributed by atoms with Crippen LogP contribution in [0.25, 0.3) is 0 Å². The monoisotopic (exact) mass is 268 g/mol. The lowest BCUT2D eigenvalue weighted by Gasteiger charge is -2.31. The molecule has 0 heterocycles. The molecule has 2 saturated carbocycles. The largest absolute Gasteiger partial charge is 0.383 e. The van der Waals surface area contributed by atoms with E-state index in [4.69, 9.17) is 4.74 Å². The van der Waals surface area contributed by atoms with Gasteiger partial charge in [0.2, 0.25) is 5.91 Å². The van der Waals surface area contributed by atoms with E-state index in [2.05, 4.69) is 10.6 Å². The van der Waals surface area contributed by atoms with E-state index in [1.165, 1.54) is 38.5 Å². The molecule has 2 rings (SSSR count). The van der Waals surface area contributed by atoms with Crippen LogP contribution >= 0.6 is 0 Å². The standard InChI is InChI=1S/C15H28N2O2/c1-11(15(18)16-8-9-19-2)17-14-5-3-4-13(10-14)12-6-7-12/h11-14,17H,3-10H2,1-2H3,(H,16,18). The summed E-state index contributed by atoms with van der Waals surface area (Å²) in [5.41, 5.74) is 0. The van der Waals surface area contributed by atoms with Gasteiger partial charge in [0.1, 0.15) is 0 Å². The molecule has 4 nitrogen and oxygen atoms in total. The van der Waals surface area contributed by atoms with Crippen molar-refractivity contribution in [2.45, 2.75) is 57.5 Å². The number of hydrogen-bond acceptors (Lipinski definition) is 3. The van der Waals surface area contributed by atoms with Crippen LogP contribution in [0.1, 0.15) is 45.4 Å². The first-order valence-corrected chi connectivity index (χ1v) is 7.73. The van der Waals surface area contributed by atoms with Gasteiger partial charge in [-0.1, -0.05) is 12.8 Å². The first-order valence-electron chi connectivity index (χ1n) is 7.73. The summed E-state index contributed by atoms with van der Waals surface area (Å²) in [6.45, 7) is 3.13. The molecule has 0 spiro atoms. The predicted octanol–water partition coefficient (Wildman–Crippen LogP) is 1.70. The summed E-state index contributed by atoms with van der Waals surface area (Å²) in [7, 11) is 1.65. The first kappa shape index (κ1) is 14.8. The number of ether oxygens (including phenoxy) is 1. The number of carbonyl (C=O) groups excluding carboxylic acids is 1. The summed E-state index contributed by atoms with van der Waals surface area (Å²) in [4.78, 5) is 11.9. The Morgan fingerprint density at radius 1 is 1.26 bits per heavy atom. The Bertz CT molecular complexity index is 292. The van der Waals surface area contributed by atoms with E-state index in [0.29, 0.717) is 19.2 Å². The molecule has 2 aliphatic rings. The van der Waals surface area contributed by atoms with Crippen LogP contribution < -0.4 is 10.6 Å². The zero-order valence-electron chi connectivity index (χ0n) is 12.3. The fourth-order valence-electron chi connectivity index (χ4n) is 3.23. The number of hydrogen-bond donors (Lipinski definition) is 2. The molecule has 110 valence electrons. The third-order valence-electron chi connectivity index (χ3n) is 4.49. The molecule has 0 aromatic heterocycles. The van der Waals surface area contributed by atoms with Gasteiger partial charge in [0.25, 0.3) is 0 Å². The molecule has 3 unspecified atom stereocenters. The van der Waals surface area contributed by atoms with Crippen molar-refractivity contribution in [2.24, 2.45) is 11.8 Å². The van der Waals surface area contributed by atoms with E-state index in [0.717, 1.165) is 11.8 Å². The molecular formula is C15H28N2O2. The van der Waals surface area contributed by atoms with Crippen LogP contribution in [-0.2, 0) is 9.53 Å². The number of nitrogens with one attached hydrogen (secondary N) is 2. The van der Waals surface area contributed by atoms with E-state index in [-0.39, 0.29) is 11.9 Å². The molecule has 2 N–H and O–H groups in total. The van der Waals surface area contributed by atoms with Crippen molar-refractivity contribution in [2.75, 3.05) is 20.3 Å². The van der Waals surface area contributed by atoms with Gasteiger partial charge in [0, 0.05) is 19.7 Å². The maximum Gasteiger partial charge on any atom is 0.236 e. The Kier molecular flexibility index (Phi) is 5.64. The Labute approximate surface area is 116 Å². The Balaban J connectivity index is 1.68. The first-order chi connectivity index (χ1) is 9.20. The minimum Gasteiger partial charge on any atom is -0.383 e. The quantitative estimate of drug-likeness (QED) is 0.691. The fourth-order valence-corrected chi connectivity index (χ4v) is 3.23. The lowest BCUT2D eigenvalue weighted by atomic mass is 9.82. The average Bonchev–Trinajstić information content (AvgIpc) is 3.23. The third-order valence-corrected chi connectivity index (χ3v) is 4.49. The summed E-state index contributed by atoms with van der Waals surface area (Å²) < 4.78 is 4.93. The molecule has 0 aromatic rings. The van der Waals surface area contributed by atoms with Crippen LogP contribution in [0.2, 0.25) is 0 Å². The molecule has 0 bridgehead atoms. The number of carbonyl (C=O) groups is 1. The van der Waals surface area contributed by atoms with Crippen molar-refractivity contribution >= 4 is 5.91 Å². The van der Waals surface area contributed by atoms with Crippen molar-refractivity contribution in [1.82, 2.24) is 10.6 Å². The second-order valence-corrected chi connectivity index (χ2v) is 6.13. The van der Waals surface area contributed by atoms with Crippen molar-refractivity contribution in [1.29, 1.82) is 0 Å². The van der Waals surface area contributed by atoms with Crippen LogP contribution in [0.5, 0.6) is 0 Å². The van der Waals surface area contributed by atoms with Gasteiger partial charge in [-0.05, 0) is 44.4 Å². The van der Waals surface area contributed by atoms with Crippen molar-refractivity contribution < 1.29 is 9.53 Å². The number of rotatable bonds is 7. The summed E-state index contributed by atoms with van der Waals surface area (Å²) in [5, 5.41) is 6.40. The van der Waals surface area contributed by atoms with E-state index in [1.807, 2.05) is 6.92 Å². The van der Waals surface area contributed by atoms with Crippen LogP contribution in [0, 0.1) is 11.8 Å². The smallest absolute Gasteiger partial charge is 0.236 e. The number of amides is 1. The number of methoxy groups -OCH3 is 1. The normalized spacial score (nSPS) is 28.9. The molecule has 1 amide bonds. The summed E-state index contributed by atoms with van der Waals surface area (Å²) in [6.07, 6.45) is 8.07. The van der Waals surface area contributed by atoms with Gasteiger partial charge in [0.15, 0.2) is 0 Å². The predicted molar refractivity (Wildman–Crippen MR) is 76.0 cm³/mol. The molecule has 0 aromatic carbocycles. The molecule has 3 atom stereocenters. The Morgan fingerprint density at radius 3 is 2.74 bits per heavy atom. The van der Waals surface area contributed by atoms with Gasteiger partial charge < -0.3 is 15.4 Å². The van der Waals surface area contributed by atoms with Crippen LogP contribution in [0.3, 0.4) is 0 Å². The van der Waals surface area contributed by atoms with E-state index in [1.54, 1.807) is 7.11 Å². The highest BCUT2D eigenvalue weighted by molar-refractivity contribution is 5.81. The zero-order valence-corrected chi connectivity index (χ0v) is 12.3. The molecule has 0 aliphatic heterocycles. The second kappa shape index (κ2) is 7.25. The van der Waals surface area contributed by atoms with Crippen LogP contribution in [0.15, 0.2) is 0 Å². The zero-order chi connectivity index (χ0) is 13.7. The molecular weight excluding hydrogens is 240 g/mol. The maximum atomic E-state index is 11.9. The Hall–Kier alpha value is -0.610. The van der Waals surface area contributed by atoms with E-state index < -0.39 is 0 Å². The molecule has 19 heavy (non-hydrogen) atoms. The Morgan fingerprint density at radius 2 is 2.05 bits per heavy atom. The minimum absolute atomic E-state index is 0.0885. The SMILES string of the molecule is COCCNC(=O)C(C)NC1CCCC(C2CC2)C1. The molecule has 0 radical (unpaired) electrons. The third kappa shape index (κ3) is 4.77. The van der Waals surface area contributed by atoms with Gasteiger partial charge in [-0.2, -0.15) is 0 Å². The summed E-state index contributed by atoms with van der Waals surface area (Å²) in [6, 6.07) is 0.433. The molecule has 2 aliphatic carbocycles. The lowest BCUT2D eigenvalue weighted by Crippen LogP contribution is -2.48. The second-order valence-electron chi connectivity index (χ2n) is 6.13. The molecule has 2 fully saturated rings. The molecule has 0 saturated heterocycles. The summed E-state index contributed by atoms with van der Waals surface area (Å²) >= 11 is 0. The van der Waals surface area contributed by atoms with Gasteiger partial charge in [0.05, 0.1) is 12.6 Å². The average molecular weight is 268 g/mol. The summed E-state index contributed by atoms with van der Waals surface area (Å²) in [5.74, 6) is 2.00.